The molecule has 0 saturated heterocycles. The Morgan fingerprint density at radius 1 is 1.31 bits per heavy atom. The Kier molecular flexibility index (Phi) is 6.42. The van der Waals surface area contributed by atoms with Gasteiger partial charge >= 0.3 is 0 Å². The molecule has 0 amide bonds. The van der Waals surface area contributed by atoms with E-state index in [2.05, 4.69) is 38.9 Å². The first kappa shape index (κ1) is 22.6. The van der Waals surface area contributed by atoms with Gasteiger partial charge in [0, 0.05) is 26.9 Å². The van der Waals surface area contributed by atoms with Crippen LogP contribution in [0, 0.1) is 21.8 Å². The van der Waals surface area contributed by atoms with Crippen molar-refractivity contribution in [1.82, 2.24) is 10.2 Å². The lowest BCUT2D eigenvalue weighted by atomic mass is 9.84. The summed E-state index contributed by atoms with van der Waals surface area (Å²) < 4.78 is 18.0. The van der Waals surface area contributed by atoms with Gasteiger partial charge in [-0.3, -0.25) is 5.10 Å². The Morgan fingerprint density at radius 3 is 2.69 bits per heavy atom. The molecule has 4 rings (SSSR count). The highest BCUT2D eigenvalue weighted by molar-refractivity contribution is 14.1. The van der Waals surface area contributed by atoms with Crippen molar-refractivity contribution in [3.63, 3.8) is 0 Å². The van der Waals surface area contributed by atoms with Crippen LogP contribution < -0.4 is 19.9 Å². The number of nitrogens with zero attached hydrogens (tertiary/aromatic N) is 2. The van der Waals surface area contributed by atoms with E-state index in [4.69, 9.17) is 43.1 Å². The van der Waals surface area contributed by atoms with Crippen LogP contribution >= 0.6 is 45.8 Å². The summed E-state index contributed by atoms with van der Waals surface area (Å²) in [6.45, 7) is 2.04. The van der Waals surface area contributed by atoms with Gasteiger partial charge in [-0.15, -0.1) is 5.10 Å². The second-order valence-electron chi connectivity index (χ2n) is 7.02. The highest BCUT2D eigenvalue weighted by atomic mass is 127. The minimum atomic E-state index is -0.461. The fourth-order valence-electron chi connectivity index (χ4n) is 3.59. The van der Waals surface area contributed by atoms with Crippen molar-refractivity contribution in [2.45, 2.75) is 19.4 Å². The lowest BCUT2D eigenvalue weighted by Crippen LogP contribution is -2.21. The molecule has 0 saturated carbocycles. The number of ether oxygens (including phenoxy) is 3. The number of rotatable bonds is 5. The molecule has 1 atom stereocenters. The number of nitriles is 1. The SMILES string of the molecule is COc1cc(C2C(C#N)=C(N)Oc3n[nH]c(C)c32)cc(I)c1OCc1c(Cl)cccc1Cl. The van der Waals surface area contributed by atoms with Crippen LogP contribution in [0.15, 0.2) is 41.8 Å². The molecule has 3 N–H and O–H groups in total. The maximum Gasteiger partial charge on any atom is 0.244 e. The molecule has 164 valence electrons. The van der Waals surface area contributed by atoms with Crippen molar-refractivity contribution in [2.75, 3.05) is 7.11 Å². The van der Waals surface area contributed by atoms with Crippen LogP contribution in [0.25, 0.3) is 0 Å². The van der Waals surface area contributed by atoms with E-state index in [0.717, 1.165) is 20.4 Å². The van der Waals surface area contributed by atoms with Crippen molar-refractivity contribution in [3.05, 3.63) is 77.8 Å². The van der Waals surface area contributed by atoms with Gasteiger partial charge in [0.15, 0.2) is 11.5 Å². The number of aromatic amines is 1. The summed E-state index contributed by atoms with van der Waals surface area (Å²) >= 11 is 14.7. The molecule has 1 aliphatic heterocycles. The minimum absolute atomic E-state index is 0.0270. The van der Waals surface area contributed by atoms with E-state index in [1.807, 2.05) is 19.1 Å². The quantitative estimate of drug-likeness (QED) is 0.388. The molecule has 0 aliphatic carbocycles. The van der Waals surface area contributed by atoms with Gasteiger partial charge in [0.25, 0.3) is 0 Å². The fourth-order valence-corrected chi connectivity index (χ4v) is 4.88. The Labute approximate surface area is 208 Å². The second-order valence-corrected chi connectivity index (χ2v) is 8.99. The van der Waals surface area contributed by atoms with Crippen molar-refractivity contribution in [2.24, 2.45) is 5.73 Å². The van der Waals surface area contributed by atoms with Crippen LogP contribution in [-0.2, 0) is 6.61 Å². The van der Waals surface area contributed by atoms with Crippen molar-refractivity contribution in [3.8, 4) is 23.4 Å². The maximum atomic E-state index is 9.78. The van der Waals surface area contributed by atoms with Gasteiger partial charge in [0.2, 0.25) is 11.8 Å². The van der Waals surface area contributed by atoms with Crippen LogP contribution in [0.1, 0.15) is 28.3 Å². The lowest BCUT2D eigenvalue weighted by Gasteiger charge is -2.25. The third kappa shape index (κ3) is 3.96. The monoisotopic (exact) mass is 582 g/mol. The zero-order valence-corrected chi connectivity index (χ0v) is 20.7. The van der Waals surface area contributed by atoms with Crippen LogP contribution in [0.2, 0.25) is 10.0 Å². The molecule has 0 radical (unpaired) electrons. The molecule has 0 spiro atoms. The highest BCUT2D eigenvalue weighted by Crippen LogP contribution is 2.46. The predicted molar refractivity (Wildman–Crippen MR) is 129 cm³/mol. The Balaban J connectivity index is 1.76. The molecular formula is C22H17Cl2IN4O3. The summed E-state index contributed by atoms with van der Waals surface area (Å²) in [5, 5.41) is 17.9. The molecule has 0 fully saturated rings. The van der Waals surface area contributed by atoms with Crippen LogP contribution in [0.4, 0.5) is 0 Å². The molecule has 1 unspecified atom stereocenters. The summed E-state index contributed by atoms with van der Waals surface area (Å²) in [5.41, 5.74) is 9.34. The van der Waals surface area contributed by atoms with Gasteiger partial charge in [-0.1, -0.05) is 29.3 Å². The molecule has 7 nitrogen and oxygen atoms in total. The number of aryl methyl sites for hydroxylation is 1. The average molecular weight is 583 g/mol. The van der Waals surface area contributed by atoms with Crippen LogP contribution in [0.5, 0.6) is 17.4 Å². The normalized spacial score (nSPS) is 15.1. The first-order valence-corrected chi connectivity index (χ1v) is 11.2. The standard InChI is InChI=1S/C22H17Cl2IN4O3/c1-10-18-19(12(8-26)21(27)32-22(18)29-28-10)11-6-16(25)20(17(7-11)30-2)31-9-13-14(23)4-3-5-15(13)24/h3-7,19H,9,27H2,1-2H3,(H,28,29). The number of methoxy groups -OCH3 is 1. The predicted octanol–water partition coefficient (Wildman–Crippen LogP) is 5.44. The average Bonchev–Trinajstić information content (AvgIpc) is 3.12. The summed E-state index contributed by atoms with van der Waals surface area (Å²) in [4.78, 5) is 0. The number of benzene rings is 2. The van der Waals surface area contributed by atoms with Crippen molar-refractivity contribution < 1.29 is 14.2 Å². The van der Waals surface area contributed by atoms with Gasteiger partial charge in [-0.05, 0) is 59.3 Å². The fraction of sp³-hybridized carbons (Fsp3) is 0.182. The minimum Gasteiger partial charge on any atom is -0.493 e. The number of fused-ring (bicyclic) bond motifs is 1. The molecule has 2 aromatic carbocycles. The largest absolute Gasteiger partial charge is 0.493 e. The van der Waals surface area contributed by atoms with Crippen molar-refractivity contribution >= 4 is 45.8 Å². The maximum absolute atomic E-state index is 9.78. The summed E-state index contributed by atoms with van der Waals surface area (Å²) in [5.74, 6) is 0.961. The zero-order chi connectivity index (χ0) is 23.0. The number of halogens is 3. The Hall–Kier alpha value is -2.61. The third-order valence-electron chi connectivity index (χ3n) is 5.14. The Morgan fingerprint density at radius 2 is 2.03 bits per heavy atom. The van der Waals surface area contributed by atoms with E-state index in [1.54, 1.807) is 25.3 Å². The van der Waals surface area contributed by atoms with E-state index in [0.29, 0.717) is 38.6 Å². The smallest absolute Gasteiger partial charge is 0.244 e. The highest BCUT2D eigenvalue weighted by Gasteiger charge is 2.35. The number of nitrogens with one attached hydrogen (secondary N) is 1. The van der Waals surface area contributed by atoms with E-state index in [-0.39, 0.29) is 12.5 Å². The van der Waals surface area contributed by atoms with Gasteiger partial charge in [0.1, 0.15) is 18.2 Å². The molecule has 1 aromatic heterocycles. The number of hydrogen-bond donors (Lipinski definition) is 2. The first-order valence-electron chi connectivity index (χ1n) is 9.41. The van der Waals surface area contributed by atoms with Gasteiger partial charge in [0.05, 0.1) is 16.6 Å². The van der Waals surface area contributed by atoms with Gasteiger partial charge in [-0.2, -0.15) is 5.26 Å². The number of H-pyrrole nitrogens is 1. The third-order valence-corrected chi connectivity index (χ3v) is 6.65. The number of nitrogens with two attached hydrogens (primary N) is 1. The van der Waals surface area contributed by atoms with Crippen LogP contribution in [-0.4, -0.2) is 17.3 Å². The van der Waals surface area contributed by atoms with E-state index < -0.39 is 5.92 Å². The number of aromatic nitrogens is 2. The summed E-state index contributed by atoms with van der Waals surface area (Å²) in [6, 6.07) is 11.2. The Bertz CT molecular complexity index is 1260. The molecule has 10 heteroatoms. The lowest BCUT2D eigenvalue weighted by molar-refractivity contribution is 0.282. The molecule has 0 bridgehead atoms. The summed E-state index contributed by atoms with van der Waals surface area (Å²) in [6.07, 6.45) is 0. The summed E-state index contributed by atoms with van der Waals surface area (Å²) in [7, 11) is 1.55. The van der Waals surface area contributed by atoms with Gasteiger partial charge < -0.3 is 19.9 Å². The number of hydrogen-bond acceptors (Lipinski definition) is 6. The van der Waals surface area contributed by atoms with Crippen LogP contribution in [0.3, 0.4) is 0 Å². The second kappa shape index (κ2) is 9.10. The van der Waals surface area contributed by atoms with Gasteiger partial charge in [-0.25, -0.2) is 0 Å². The molecule has 32 heavy (non-hydrogen) atoms. The van der Waals surface area contributed by atoms with E-state index in [1.165, 1.54) is 0 Å². The molecule has 1 aliphatic rings. The van der Waals surface area contributed by atoms with E-state index >= 15 is 0 Å². The first-order chi connectivity index (χ1) is 15.3. The van der Waals surface area contributed by atoms with E-state index in [9.17, 15) is 5.26 Å². The van der Waals surface area contributed by atoms with Crippen molar-refractivity contribution in [1.29, 1.82) is 5.26 Å². The topological polar surface area (TPSA) is 106 Å². The molecular weight excluding hydrogens is 566 g/mol. The zero-order valence-electron chi connectivity index (χ0n) is 17.0. The molecule has 2 heterocycles. The molecule has 3 aromatic rings. The number of allylic oxidation sites excluding steroid dienone is 1.